The van der Waals surface area contributed by atoms with Gasteiger partial charge in [0, 0.05) is 31.1 Å². The highest BCUT2D eigenvalue weighted by Crippen LogP contribution is 2.48. The highest BCUT2D eigenvalue weighted by molar-refractivity contribution is 9.10. The number of hydrogen-bond acceptors (Lipinski definition) is 1. The first-order valence-electron chi connectivity index (χ1n) is 7.04. The molecule has 5 rings (SSSR count). The first kappa shape index (κ1) is 12.0. The van der Waals surface area contributed by atoms with Crippen molar-refractivity contribution in [2.75, 3.05) is 0 Å². The van der Waals surface area contributed by atoms with E-state index >= 15 is 0 Å². The number of fused-ring (bicyclic) bond motifs is 7. The maximum atomic E-state index is 3.81. The second kappa shape index (κ2) is 4.19. The Balaban J connectivity index is 1.97. The van der Waals surface area contributed by atoms with Crippen LogP contribution in [0.1, 0.15) is 11.1 Å². The van der Waals surface area contributed by atoms with Crippen LogP contribution in [0, 0.1) is 0 Å². The minimum Gasteiger partial charge on any atom is -0.135 e. The summed E-state index contributed by atoms with van der Waals surface area (Å²) < 4.78 is 4.03. The lowest BCUT2D eigenvalue weighted by Crippen LogP contribution is -1.81. The SMILES string of the molecule is Brc1cc2c(c3sc4ccccc4c13)Cc1ccccc1-2. The van der Waals surface area contributed by atoms with E-state index in [0.29, 0.717) is 0 Å². The van der Waals surface area contributed by atoms with Gasteiger partial charge in [0.2, 0.25) is 0 Å². The van der Waals surface area contributed by atoms with Crippen molar-refractivity contribution in [1.29, 1.82) is 0 Å². The molecule has 0 aliphatic heterocycles. The molecule has 1 aliphatic carbocycles. The number of benzene rings is 3. The lowest BCUT2D eigenvalue weighted by Gasteiger charge is -2.04. The van der Waals surface area contributed by atoms with E-state index in [1.807, 2.05) is 11.3 Å². The Morgan fingerprint density at radius 1 is 0.905 bits per heavy atom. The molecule has 0 saturated heterocycles. The van der Waals surface area contributed by atoms with Crippen LogP contribution in [0.4, 0.5) is 0 Å². The van der Waals surface area contributed by atoms with Crippen LogP contribution in [0.2, 0.25) is 0 Å². The molecule has 0 fully saturated rings. The summed E-state index contributed by atoms with van der Waals surface area (Å²) in [5.41, 5.74) is 5.74. The first-order valence-corrected chi connectivity index (χ1v) is 8.65. The molecule has 1 aliphatic rings. The second-order valence-electron chi connectivity index (χ2n) is 5.52. The van der Waals surface area contributed by atoms with Crippen LogP contribution >= 0.6 is 27.3 Å². The van der Waals surface area contributed by atoms with Gasteiger partial charge in [-0.1, -0.05) is 58.4 Å². The largest absolute Gasteiger partial charge is 0.135 e. The fourth-order valence-electron chi connectivity index (χ4n) is 3.45. The van der Waals surface area contributed by atoms with Crippen molar-refractivity contribution >= 4 is 47.4 Å². The van der Waals surface area contributed by atoms with Crippen molar-refractivity contribution in [2.24, 2.45) is 0 Å². The Morgan fingerprint density at radius 2 is 1.71 bits per heavy atom. The van der Waals surface area contributed by atoms with Crippen LogP contribution in [0.3, 0.4) is 0 Å². The smallest absolute Gasteiger partial charge is 0.0408 e. The Hall–Kier alpha value is -1.64. The molecule has 0 radical (unpaired) electrons. The number of rotatable bonds is 0. The Bertz CT molecular complexity index is 1030. The fourth-order valence-corrected chi connectivity index (χ4v) is 5.49. The summed E-state index contributed by atoms with van der Waals surface area (Å²) in [5.74, 6) is 0. The minimum atomic E-state index is 1.06. The summed E-state index contributed by atoms with van der Waals surface area (Å²) in [6.45, 7) is 0. The van der Waals surface area contributed by atoms with Gasteiger partial charge in [-0.25, -0.2) is 0 Å². The van der Waals surface area contributed by atoms with Gasteiger partial charge in [-0.05, 0) is 34.4 Å². The summed E-state index contributed by atoms with van der Waals surface area (Å²) in [5, 5.41) is 2.74. The highest BCUT2D eigenvalue weighted by Gasteiger charge is 2.23. The van der Waals surface area contributed by atoms with E-state index in [1.165, 1.54) is 46.9 Å². The van der Waals surface area contributed by atoms with Crippen molar-refractivity contribution in [3.05, 3.63) is 70.2 Å². The average Bonchev–Trinajstić information content (AvgIpc) is 3.06. The van der Waals surface area contributed by atoms with Crippen molar-refractivity contribution in [3.63, 3.8) is 0 Å². The van der Waals surface area contributed by atoms with E-state index in [4.69, 9.17) is 0 Å². The molecule has 0 unspecified atom stereocenters. The maximum Gasteiger partial charge on any atom is 0.0408 e. The van der Waals surface area contributed by atoms with E-state index in [0.717, 1.165) is 6.42 Å². The number of halogens is 1. The third-order valence-corrected chi connectivity index (χ3v) is 6.24. The van der Waals surface area contributed by atoms with E-state index in [9.17, 15) is 0 Å². The zero-order chi connectivity index (χ0) is 14.0. The molecular weight excluding hydrogens is 340 g/mol. The summed E-state index contributed by atoms with van der Waals surface area (Å²) in [6, 6.07) is 19.8. The highest BCUT2D eigenvalue weighted by atomic mass is 79.9. The van der Waals surface area contributed by atoms with Crippen molar-refractivity contribution in [3.8, 4) is 11.1 Å². The molecule has 0 bridgehead atoms. The summed E-state index contributed by atoms with van der Waals surface area (Å²) >= 11 is 5.73. The van der Waals surface area contributed by atoms with Crippen molar-refractivity contribution in [2.45, 2.75) is 6.42 Å². The molecule has 0 atom stereocenters. The van der Waals surface area contributed by atoms with Crippen molar-refractivity contribution in [1.82, 2.24) is 0 Å². The molecular formula is C19H11BrS. The first-order chi connectivity index (χ1) is 10.3. The quantitative estimate of drug-likeness (QED) is 0.303. The molecule has 1 heterocycles. The van der Waals surface area contributed by atoms with Crippen LogP contribution in [-0.2, 0) is 6.42 Å². The van der Waals surface area contributed by atoms with Gasteiger partial charge in [-0.15, -0.1) is 11.3 Å². The van der Waals surface area contributed by atoms with Crippen LogP contribution < -0.4 is 0 Å². The minimum absolute atomic E-state index is 1.06. The second-order valence-corrected chi connectivity index (χ2v) is 7.43. The van der Waals surface area contributed by atoms with Crippen LogP contribution in [0.5, 0.6) is 0 Å². The van der Waals surface area contributed by atoms with Gasteiger partial charge in [0.15, 0.2) is 0 Å². The molecule has 0 N–H and O–H groups in total. The zero-order valence-corrected chi connectivity index (χ0v) is 13.6. The Kier molecular flexibility index (Phi) is 2.38. The van der Waals surface area contributed by atoms with E-state index in [1.54, 1.807) is 0 Å². The lowest BCUT2D eigenvalue weighted by molar-refractivity contribution is 1.29. The molecule has 100 valence electrons. The van der Waals surface area contributed by atoms with E-state index < -0.39 is 0 Å². The Labute approximate surface area is 135 Å². The van der Waals surface area contributed by atoms with Gasteiger partial charge in [-0.2, -0.15) is 0 Å². The third kappa shape index (κ3) is 1.55. The fraction of sp³-hybridized carbons (Fsp3) is 0.0526. The molecule has 0 spiro atoms. The van der Waals surface area contributed by atoms with Gasteiger partial charge in [0.25, 0.3) is 0 Å². The Morgan fingerprint density at radius 3 is 2.67 bits per heavy atom. The molecule has 0 nitrogen and oxygen atoms in total. The normalized spacial score (nSPS) is 12.8. The van der Waals surface area contributed by atoms with Gasteiger partial charge < -0.3 is 0 Å². The third-order valence-electron chi connectivity index (χ3n) is 4.38. The molecule has 21 heavy (non-hydrogen) atoms. The van der Waals surface area contributed by atoms with Crippen molar-refractivity contribution < 1.29 is 0 Å². The predicted octanol–water partition coefficient (Wildman–Crippen LogP) is 6.39. The average molecular weight is 351 g/mol. The van der Waals surface area contributed by atoms with Gasteiger partial charge in [-0.3, -0.25) is 0 Å². The monoisotopic (exact) mass is 350 g/mol. The molecule has 0 saturated carbocycles. The predicted molar refractivity (Wildman–Crippen MR) is 95.3 cm³/mol. The molecule has 1 aromatic heterocycles. The topological polar surface area (TPSA) is 0 Å². The number of thiophene rings is 1. The van der Waals surface area contributed by atoms with E-state index in [-0.39, 0.29) is 0 Å². The maximum absolute atomic E-state index is 3.81. The molecule has 2 heteroatoms. The van der Waals surface area contributed by atoms with Gasteiger partial charge in [0.1, 0.15) is 0 Å². The van der Waals surface area contributed by atoms with Gasteiger partial charge in [0.05, 0.1) is 0 Å². The molecule has 4 aromatic rings. The molecule has 3 aromatic carbocycles. The summed E-state index contributed by atoms with van der Waals surface area (Å²) in [6.07, 6.45) is 1.06. The van der Waals surface area contributed by atoms with Crippen LogP contribution in [-0.4, -0.2) is 0 Å². The van der Waals surface area contributed by atoms with Crippen LogP contribution in [0.15, 0.2) is 59.1 Å². The lowest BCUT2D eigenvalue weighted by atomic mass is 10.0. The van der Waals surface area contributed by atoms with Gasteiger partial charge >= 0.3 is 0 Å². The zero-order valence-electron chi connectivity index (χ0n) is 11.2. The summed E-state index contributed by atoms with van der Waals surface area (Å²) in [7, 11) is 0. The molecule has 0 amide bonds. The standard InChI is InChI=1S/C19H11BrS/c20-16-10-14-12-6-2-1-5-11(12)9-15(14)19-18(16)13-7-3-4-8-17(13)21-19/h1-8,10H,9H2. The number of hydrogen-bond donors (Lipinski definition) is 0. The van der Waals surface area contributed by atoms with Crippen LogP contribution in [0.25, 0.3) is 31.3 Å². The summed E-state index contributed by atoms with van der Waals surface area (Å²) in [4.78, 5) is 0. The van der Waals surface area contributed by atoms with E-state index in [2.05, 4.69) is 70.5 Å².